The smallest absolute Gasteiger partial charge is 0.493 e. The van der Waals surface area contributed by atoms with Crippen LogP contribution in [-0.2, 0) is 27.3 Å². The molecule has 0 bridgehead atoms. The SMILES string of the molecule is CCOc1ccc(CC(OC(C)C)C(=O)O)cc1COC(=O)[NH2+]c1ccc2c(c1)OCO2. The number of carboxylic acid groups (broad SMARTS) is 1. The minimum atomic E-state index is -1.03. The zero-order chi connectivity index (χ0) is 23.1. The summed E-state index contributed by atoms with van der Waals surface area (Å²) in [5.41, 5.74) is 2.02. The Balaban J connectivity index is 1.66. The van der Waals surface area contributed by atoms with Crippen LogP contribution in [0.4, 0.5) is 10.5 Å². The number of benzene rings is 2. The summed E-state index contributed by atoms with van der Waals surface area (Å²) in [6.45, 7) is 6.01. The van der Waals surface area contributed by atoms with Crippen LogP contribution in [0.5, 0.6) is 17.2 Å². The largest absolute Gasteiger partial charge is 0.518 e. The third-order valence-electron chi connectivity index (χ3n) is 4.61. The highest BCUT2D eigenvalue weighted by molar-refractivity contribution is 5.72. The first-order valence-electron chi connectivity index (χ1n) is 10.4. The maximum Gasteiger partial charge on any atom is 0.518 e. The van der Waals surface area contributed by atoms with Crippen molar-refractivity contribution in [3.8, 4) is 17.2 Å². The highest BCUT2D eigenvalue weighted by atomic mass is 16.7. The molecule has 0 aliphatic carbocycles. The van der Waals surface area contributed by atoms with Gasteiger partial charge in [0.2, 0.25) is 6.79 Å². The maximum atomic E-state index is 12.3. The zero-order valence-electron chi connectivity index (χ0n) is 18.3. The van der Waals surface area contributed by atoms with E-state index in [-0.39, 0.29) is 25.9 Å². The lowest BCUT2D eigenvalue weighted by molar-refractivity contribution is -0.483. The molecule has 1 aliphatic rings. The van der Waals surface area contributed by atoms with Crippen LogP contribution in [0.15, 0.2) is 36.4 Å². The average Bonchev–Trinajstić information content (AvgIpc) is 3.21. The molecule has 9 nitrogen and oxygen atoms in total. The molecule has 0 saturated carbocycles. The predicted octanol–water partition coefficient (Wildman–Crippen LogP) is 2.77. The van der Waals surface area contributed by atoms with Crippen molar-refractivity contribution >= 4 is 17.7 Å². The first kappa shape index (κ1) is 23.4. The first-order chi connectivity index (χ1) is 15.4. The zero-order valence-corrected chi connectivity index (χ0v) is 18.3. The van der Waals surface area contributed by atoms with Crippen LogP contribution < -0.4 is 19.5 Å². The molecule has 2 aromatic rings. The third-order valence-corrected chi connectivity index (χ3v) is 4.61. The van der Waals surface area contributed by atoms with Crippen LogP contribution in [0.3, 0.4) is 0 Å². The maximum absolute atomic E-state index is 12.3. The van der Waals surface area contributed by atoms with Gasteiger partial charge in [0, 0.05) is 24.1 Å². The number of hydrogen-bond acceptors (Lipinski definition) is 7. The Labute approximate surface area is 186 Å². The molecular weight excluding hydrogens is 418 g/mol. The van der Waals surface area contributed by atoms with Gasteiger partial charge in [-0.2, -0.15) is 4.79 Å². The van der Waals surface area contributed by atoms with Crippen LogP contribution in [0.2, 0.25) is 0 Å². The number of amides is 1. The molecule has 1 unspecified atom stereocenters. The van der Waals surface area contributed by atoms with Crippen molar-refractivity contribution in [1.82, 2.24) is 0 Å². The molecule has 172 valence electrons. The Morgan fingerprint density at radius 2 is 1.91 bits per heavy atom. The summed E-state index contributed by atoms with van der Waals surface area (Å²) < 4.78 is 27.1. The van der Waals surface area contributed by atoms with E-state index >= 15 is 0 Å². The number of aliphatic carboxylic acids is 1. The first-order valence-corrected chi connectivity index (χ1v) is 10.4. The summed E-state index contributed by atoms with van der Waals surface area (Å²) in [5.74, 6) is 0.756. The van der Waals surface area contributed by atoms with E-state index in [0.29, 0.717) is 35.1 Å². The number of rotatable bonds is 10. The Morgan fingerprint density at radius 1 is 1.12 bits per heavy atom. The van der Waals surface area contributed by atoms with Gasteiger partial charge in [0.25, 0.3) is 0 Å². The number of carboxylic acids is 1. The van der Waals surface area contributed by atoms with E-state index in [4.69, 9.17) is 23.7 Å². The molecule has 2 aromatic carbocycles. The van der Waals surface area contributed by atoms with E-state index in [1.54, 1.807) is 50.2 Å². The van der Waals surface area contributed by atoms with Crippen molar-refractivity contribution in [3.63, 3.8) is 0 Å². The van der Waals surface area contributed by atoms with Gasteiger partial charge in [-0.15, -0.1) is 0 Å². The molecule has 0 radical (unpaired) electrons. The Morgan fingerprint density at radius 3 is 2.62 bits per heavy atom. The summed E-state index contributed by atoms with van der Waals surface area (Å²) in [6, 6.07) is 10.5. The molecule has 1 heterocycles. The number of ether oxygens (including phenoxy) is 5. The quantitative estimate of drug-likeness (QED) is 0.535. The number of hydrogen-bond donors (Lipinski definition) is 2. The summed E-state index contributed by atoms with van der Waals surface area (Å²) in [7, 11) is 0. The second kappa shape index (κ2) is 10.8. The molecule has 0 saturated heterocycles. The lowest BCUT2D eigenvalue weighted by Crippen LogP contribution is -2.82. The molecule has 1 aliphatic heterocycles. The lowest BCUT2D eigenvalue weighted by atomic mass is 10.0. The second-order valence-electron chi connectivity index (χ2n) is 7.46. The fraction of sp³-hybridized carbons (Fsp3) is 0.391. The monoisotopic (exact) mass is 446 g/mol. The van der Waals surface area contributed by atoms with Crippen molar-refractivity contribution < 1.29 is 43.7 Å². The molecule has 0 fully saturated rings. The molecule has 0 aromatic heterocycles. The number of nitrogens with two attached hydrogens (primary N) is 1. The van der Waals surface area contributed by atoms with Crippen molar-refractivity contribution in [2.45, 2.75) is 46.0 Å². The van der Waals surface area contributed by atoms with Gasteiger partial charge in [0.15, 0.2) is 17.6 Å². The molecule has 1 atom stereocenters. The van der Waals surface area contributed by atoms with Crippen molar-refractivity contribution in [1.29, 1.82) is 0 Å². The minimum absolute atomic E-state index is 0.0220. The van der Waals surface area contributed by atoms with Gasteiger partial charge >= 0.3 is 12.1 Å². The molecule has 32 heavy (non-hydrogen) atoms. The summed E-state index contributed by atoms with van der Waals surface area (Å²) in [6.07, 6.45) is -1.53. The summed E-state index contributed by atoms with van der Waals surface area (Å²) in [4.78, 5) is 23.9. The van der Waals surface area contributed by atoms with Gasteiger partial charge in [-0.05, 0) is 44.5 Å². The Bertz CT molecular complexity index is 959. The van der Waals surface area contributed by atoms with Crippen molar-refractivity contribution in [2.24, 2.45) is 0 Å². The highest BCUT2D eigenvalue weighted by Gasteiger charge is 2.22. The molecule has 3 N–H and O–H groups in total. The summed E-state index contributed by atoms with van der Waals surface area (Å²) in [5, 5.41) is 10.8. The van der Waals surface area contributed by atoms with Crippen LogP contribution in [0.25, 0.3) is 0 Å². The van der Waals surface area contributed by atoms with E-state index in [0.717, 1.165) is 5.56 Å². The number of quaternary nitrogens is 1. The Hall–Kier alpha value is -3.30. The second-order valence-corrected chi connectivity index (χ2v) is 7.46. The number of carbonyl (C=O) groups excluding carboxylic acids is 1. The van der Waals surface area contributed by atoms with E-state index in [1.165, 1.54) is 5.32 Å². The Kier molecular flexibility index (Phi) is 7.91. The van der Waals surface area contributed by atoms with Gasteiger partial charge in [0.1, 0.15) is 18.0 Å². The molecule has 0 spiro atoms. The van der Waals surface area contributed by atoms with Gasteiger partial charge in [-0.25, -0.2) is 10.1 Å². The fourth-order valence-corrected chi connectivity index (χ4v) is 3.23. The van der Waals surface area contributed by atoms with Gasteiger partial charge in [0.05, 0.1) is 12.7 Å². The highest BCUT2D eigenvalue weighted by Crippen LogP contribution is 2.32. The number of primary amides is 1. The minimum Gasteiger partial charge on any atom is -0.493 e. The van der Waals surface area contributed by atoms with Crippen molar-refractivity contribution in [2.75, 3.05) is 13.4 Å². The topological polar surface area (TPSA) is 117 Å². The van der Waals surface area contributed by atoms with E-state index in [1.807, 2.05) is 6.92 Å². The van der Waals surface area contributed by atoms with E-state index < -0.39 is 18.2 Å². The van der Waals surface area contributed by atoms with Crippen LogP contribution >= 0.6 is 0 Å². The average molecular weight is 446 g/mol. The van der Waals surface area contributed by atoms with E-state index in [2.05, 4.69) is 0 Å². The molecule has 1 amide bonds. The van der Waals surface area contributed by atoms with Crippen LogP contribution in [0, 0.1) is 0 Å². The molecule has 9 heteroatoms. The van der Waals surface area contributed by atoms with Gasteiger partial charge in [-0.3, -0.25) is 0 Å². The summed E-state index contributed by atoms with van der Waals surface area (Å²) >= 11 is 0. The molecular formula is C23H28NO8+. The normalized spacial score (nSPS) is 13.1. The number of fused-ring (bicyclic) bond motifs is 1. The van der Waals surface area contributed by atoms with Gasteiger partial charge < -0.3 is 28.8 Å². The van der Waals surface area contributed by atoms with Crippen LogP contribution in [-0.4, -0.2) is 42.8 Å². The predicted molar refractivity (Wildman–Crippen MR) is 113 cm³/mol. The van der Waals surface area contributed by atoms with E-state index in [9.17, 15) is 14.7 Å². The number of carbonyl (C=O) groups is 2. The lowest BCUT2D eigenvalue weighted by Gasteiger charge is -2.18. The van der Waals surface area contributed by atoms with Crippen molar-refractivity contribution in [3.05, 3.63) is 47.5 Å². The fourth-order valence-electron chi connectivity index (χ4n) is 3.23. The standard InChI is InChI=1S/C23H27NO8/c1-4-28-18-7-5-15(10-21(22(25)26)32-14(2)3)9-16(18)12-29-23(27)24-17-6-8-19-20(11-17)31-13-30-19/h5-9,11,14,21H,4,10,12-13H2,1-3H3,(H,24,27)(H,25,26)/p+1. The molecule has 3 rings (SSSR count). The van der Waals surface area contributed by atoms with Crippen LogP contribution in [0.1, 0.15) is 31.9 Å². The van der Waals surface area contributed by atoms with Gasteiger partial charge in [-0.1, -0.05) is 6.07 Å². The third kappa shape index (κ3) is 6.35.